The van der Waals surface area contributed by atoms with Crippen LogP contribution >= 0.6 is 15.9 Å². The highest BCUT2D eigenvalue weighted by Crippen LogP contribution is 2.14. The maximum absolute atomic E-state index is 4.59. The van der Waals surface area contributed by atoms with E-state index < -0.39 is 0 Å². The number of aromatic nitrogens is 3. The maximum Gasteiger partial charge on any atom is 0.220 e. The van der Waals surface area contributed by atoms with E-state index in [-0.39, 0.29) is 0 Å². The summed E-state index contributed by atoms with van der Waals surface area (Å²) >= 11 is 3.25. The summed E-state index contributed by atoms with van der Waals surface area (Å²) in [5, 5.41) is 3.66. The Hall–Kier alpha value is -1.23. The molecule has 0 bridgehead atoms. The molecular formula is C7H4BrN3O. The van der Waals surface area contributed by atoms with Gasteiger partial charge in [-0.05, 0) is 28.1 Å². The lowest BCUT2D eigenvalue weighted by Gasteiger charge is -1.92. The second kappa shape index (κ2) is 3.02. The number of halogens is 1. The molecule has 0 N–H and O–H groups in total. The first-order valence-corrected chi connectivity index (χ1v) is 4.05. The van der Waals surface area contributed by atoms with Crippen LogP contribution in [0.4, 0.5) is 0 Å². The van der Waals surface area contributed by atoms with Crippen LogP contribution in [0.1, 0.15) is 0 Å². The first kappa shape index (κ1) is 7.42. The average Bonchev–Trinajstić information content (AvgIpc) is 2.56. The van der Waals surface area contributed by atoms with Crippen LogP contribution in [0.15, 0.2) is 33.7 Å². The van der Waals surface area contributed by atoms with Crippen molar-refractivity contribution >= 4 is 15.9 Å². The number of rotatable bonds is 1. The summed E-state index contributed by atoms with van der Waals surface area (Å²) in [7, 11) is 0. The molecule has 0 aliphatic rings. The lowest BCUT2D eigenvalue weighted by Crippen LogP contribution is -1.84. The summed E-state index contributed by atoms with van der Waals surface area (Å²) in [5.41, 5.74) is 0.693. The first-order chi connectivity index (χ1) is 5.86. The van der Waals surface area contributed by atoms with Crippen LogP contribution in [0.2, 0.25) is 0 Å². The van der Waals surface area contributed by atoms with E-state index in [9.17, 15) is 0 Å². The predicted octanol–water partition coefficient (Wildman–Crippen LogP) is 1.89. The van der Waals surface area contributed by atoms with Gasteiger partial charge in [-0.3, -0.25) is 0 Å². The minimum atomic E-state index is 0.497. The summed E-state index contributed by atoms with van der Waals surface area (Å²) in [6.45, 7) is 0. The molecular weight excluding hydrogens is 222 g/mol. The van der Waals surface area contributed by atoms with Crippen LogP contribution in [-0.4, -0.2) is 15.1 Å². The SMILES string of the molecule is Brc1cccc(-c2ncon2)n1. The van der Waals surface area contributed by atoms with Crippen LogP contribution in [0.3, 0.4) is 0 Å². The Kier molecular flexibility index (Phi) is 1.87. The van der Waals surface area contributed by atoms with Gasteiger partial charge in [-0.15, -0.1) is 0 Å². The van der Waals surface area contributed by atoms with Crippen LogP contribution in [-0.2, 0) is 0 Å². The molecule has 2 heterocycles. The molecule has 0 aromatic carbocycles. The number of pyridine rings is 1. The molecule has 0 unspecified atom stereocenters. The third kappa shape index (κ3) is 1.35. The van der Waals surface area contributed by atoms with Crippen molar-refractivity contribution in [2.75, 3.05) is 0 Å². The van der Waals surface area contributed by atoms with Crippen molar-refractivity contribution in [1.29, 1.82) is 0 Å². The fourth-order valence-electron chi connectivity index (χ4n) is 0.816. The molecule has 0 amide bonds. The van der Waals surface area contributed by atoms with Gasteiger partial charge >= 0.3 is 0 Å². The van der Waals surface area contributed by atoms with Gasteiger partial charge in [0.1, 0.15) is 10.3 Å². The van der Waals surface area contributed by atoms with Crippen molar-refractivity contribution in [3.63, 3.8) is 0 Å². The maximum atomic E-state index is 4.59. The highest BCUT2D eigenvalue weighted by atomic mass is 79.9. The minimum Gasteiger partial charge on any atom is -0.342 e. The van der Waals surface area contributed by atoms with Gasteiger partial charge in [0.15, 0.2) is 0 Å². The number of nitrogens with zero attached hydrogens (tertiary/aromatic N) is 3. The summed E-state index contributed by atoms with van der Waals surface area (Å²) < 4.78 is 5.35. The zero-order chi connectivity index (χ0) is 8.39. The second-order valence-electron chi connectivity index (χ2n) is 2.10. The number of hydrogen-bond donors (Lipinski definition) is 0. The van der Waals surface area contributed by atoms with E-state index in [2.05, 4.69) is 35.6 Å². The molecule has 0 fully saturated rings. The largest absolute Gasteiger partial charge is 0.342 e. The summed E-state index contributed by atoms with van der Waals surface area (Å²) in [6.07, 6.45) is 1.28. The van der Waals surface area contributed by atoms with Crippen molar-refractivity contribution < 1.29 is 4.52 Å². The van der Waals surface area contributed by atoms with Gasteiger partial charge in [-0.2, -0.15) is 4.98 Å². The topological polar surface area (TPSA) is 51.8 Å². The Bertz CT molecular complexity index is 374. The zero-order valence-electron chi connectivity index (χ0n) is 5.94. The molecule has 4 nitrogen and oxygen atoms in total. The Balaban J connectivity index is 2.48. The lowest BCUT2D eigenvalue weighted by molar-refractivity contribution is 0.418. The molecule has 2 aromatic heterocycles. The normalized spacial score (nSPS) is 10.1. The first-order valence-electron chi connectivity index (χ1n) is 3.25. The molecule has 0 aliphatic carbocycles. The van der Waals surface area contributed by atoms with E-state index in [1.54, 1.807) is 0 Å². The van der Waals surface area contributed by atoms with E-state index in [0.717, 1.165) is 4.60 Å². The fourth-order valence-corrected chi connectivity index (χ4v) is 1.16. The van der Waals surface area contributed by atoms with Gasteiger partial charge in [0.25, 0.3) is 0 Å². The molecule has 2 rings (SSSR count). The van der Waals surface area contributed by atoms with Gasteiger partial charge in [0, 0.05) is 0 Å². The Labute approximate surface area is 76.8 Å². The highest BCUT2D eigenvalue weighted by Gasteiger charge is 2.03. The molecule has 0 spiro atoms. The zero-order valence-corrected chi connectivity index (χ0v) is 7.52. The second-order valence-corrected chi connectivity index (χ2v) is 2.91. The van der Waals surface area contributed by atoms with E-state index >= 15 is 0 Å². The molecule has 0 radical (unpaired) electrons. The molecule has 0 atom stereocenters. The Morgan fingerprint density at radius 3 is 2.92 bits per heavy atom. The molecule has 60 valence electrons. The van der Waals surface area contributed by atoms with E-state index in [1.165, 1.54) is 6.39 Å². The smallest absolute Gasteiger partial charge is 0.220 e. The standard InChI is InChI=1S/C7H4BrN3O/c8-6-3-1-2-5(10-6)7-9-4-12-11-7/h1-4H. The summed E-state index contributed by atoms with van der Waals surface area (Å²) in [6, 6.07) is 5.52. The van der Waals surface area contributed by atoms with E-state index in [1.807, 2.05) is 18.2 Å². The third-order valence-corrected chi connectivity index (χ3v) is 1.75. The van der Waals surface area contributed by atoms with Crippen LogP contribution in [0, 0.1) is 0 Å². The Morgan fingerprint density at radius 2 is 2.25 bits per heavy atom. The van der Waals surface area contributed by atoms with Gasteiger partial charge in [-0.25, -0.2) is 4.98 Å². The minimum absolute atomic E-state index is 0.497. The van der Waals surface area contributed by atoms with Crippen molar-refractivity contribution in [1.82, 2.24) is 15.1 Å². The number of hydrogen-bond acceptors (Lipinski definition) is 4. The van der Waals surface area contributed by atoms with Gasteiger partial charge in [0.2, 0.25) is 12.2 Å². The fraction of sp³-hybridized carbons (Fsp3) is 0. The molecule has 2 aromatic rings. The van der Waals surface area contributed by atoms with Crippen molar-refractivity contribution in [2.24, 2.45) is 0 Å². The van der Waals surface area contributed by atoms with Gasteiger partial charge in [0.05, 0.1) is 0 Å². The van der Waals surface area contributed by atoms with Crippen molar-refractivity contribution in [3.8, 4) is 11.5 Å². The van der Waals surface area contributed by atoms with Crippen LogP contribution < -0.4 is 0 Å². The Morgan fingerprint density at radius 1 is 1.33 bits per heavy atom. The average molecular weight is 226 g/mol. The highest BCUT2D eigenvalue weighted by molar-refractivity contribution is 9.10. The molecule has 12 heavy (non-hydrogen) atoms. The van der Waals surface area contributed by atoms with Crippen LogP contribution in [0.25, 0.3) is 11.5 Å². The van der Waals surface area contributed by atoms with Crippen molar-refractivity contribution in [3.05, 3.63) is 29.2 Å². The quantitative estimate of drug-likeness (QED) is 0.696. The van der Waals surface area contributed by atoms with Gasteiger partial charge < -0.3 is 4.52 Å². The van der Waals surface area contributed by atoms with Crippen LogP contribution in [0.5, 0.6) is 0 Å². The molecule has 0 aliphatic heterocycles. The van der Waals surface area contributed by atoms with E-state index in [4.69, 9.17) is 0 Å². The molecule has 0 saturated carbocycles. The third-order valence-electron chi connectivity index (χ3n) is 1.31. The molecule has 0 saturated heterocycles. The van der Waals surface area contributed by atoms with Crippen molar-refractivity contribution in [2.45, 2.75) is 0 Å². The summed E-state index contributed by atoms with van der Waals surface area (Å²) in [4.78, 5) is 8.01. The monoisotopic (exact) mass is 225 g/mol. The van der Waals surface area contributed by atoms with E-state index in [0.29, 0.717) is 11.5 Å². The van der Waals surface area contributed by atoms with Gasteiger partial charge in [-0.1, -0.05) is 11.2 Å². The lowest BCUT2D eigenvalue weighted by atomic mass is 10.3. The molecule has 5 heteroatoms. The predicted molar refractivity (Wildman–Crippen MR) is 45.2 cm³/mol. The summed E-state index contributed by atoms with van der Waals surface area (Å²) in [5.74, 6) is 0.497.